The van der Waals surface area contributed by atoms with Crippen LogP contribution in [-0.4, -0.2) is 36.1 Å². The maximum Gasteiger partial charge on any atom is 0.0252 e. The van der Waals surface area contributed by atoms with Crippen molar-refractivity contribution in [3.63, 3.8) is 0 Å². The van der Waals surface area contributed by atoms with Crippen LogP contribution >= 0.6 is 0 Å². The Bertz CT molecular complexity index is 165. The first-order chi connectivity index (χ1) is 6.29. The third-order valence-electron chi connectivity index (χ3n) is 3.57. The Kier molecular flexibility index (Phi) is 2.89. The van der Waals surface area contributed by atoms with Crippen molar-refractivity contribution in [3.8, 4) is 0 Å². The summed E-state index contributed by atoms with van der Waals surface area (Å²) in [5.74, 6) is 0. The van der Waals surface area contributed by atoms with Crippen molar-refractivity contribution < 1.29 is 0 Å². The van der Waals surface area contributed by atoms with E-state index in [0.717, 1.165) is 18.1 Å². The largest absolute Gasteiger partial charge is 0.312 e. The van der Waals surface area contributed by atoms with E-state index in [1.807, 2.05) is 0 Å². The zero-order valence-corrected chi connectivity index (χ0v) is 8.92. The molecule has 2 rings (SSSR count). The summed E-state index contributed by atoms with van der Waals surface area (Å²) in [5.41, 5.74) is 0. The molecule has 2 nitrogen and oxygen atoms in total. The molecule has 2 saturated heterocycles. The summed E-state index contributed by atoms with van der Waals surface area (Å²) >= 11 is 0. The first-order valence-electron chi connectivity index (χ1n) is 5.78. The van der Waals surface area contributed by atoms with Crippen molar-refractivity contribution in [1.29, 1.82) is 0 Å². The first kappa shape index (κ1) is 9.47. The molecule has 0 amide bonds. The molecule has 0 aliphatic carbocycles. The number of nitrogens with one attached hydrogen (secondary N) is 1. The van der Waals surface area contributed by atoms with Crippen LogP contribution in [0.25, 0.3) is 0 Å². The zero-order valence-electron chi connectivity index (χ0n) is 8.92. The quantitative estimate of drug-likeness (QED) is 0.663. The lowest BCUT2D eigenvalue weighted by molar-refractivity contribution is 0.0604. The topological polar surface area (TPSA) is 15.3 Å². The van der Waals surface area contributed by atoms with Gasteiger partial charge in [0.2, 0.25) is 0 Å². The minimum atomic E-state index is 0.729. The van der Waals surface area contributed by atoms with Crippen molar-refractivity contribution in [1.82, 2.24) is 10.2 Å². The zero-order chi connectivity index (χ0) is 9.26. The Morgan fingerprint density at radius 1 is 1.23 bits per heavy atom. The van der Waals surface area contributed by atoms with Crippen molar-refractivity contribution >= 4 is 0 Å². The van der Waals surface area contributed by atoms with Crippen LogP contribution in [0.5, 0.6) is 0 Å². The number of rotatable bonds is 1. The predicted molar refractivity (Wildman–Crippen MR) is 55.9 cm³/mol. The van der Waals surface area contributed by atoms with Crippen LogP contribution in [0.1, 0.15) is 39.5 Å². The minimum absolute atomic E-state index is 0.729. The molecule has 2 heterocycles. The van der Waals surface area contributed by atoms with Crippen molar-refractivity contribution in [3.05, 3.63) is 0 Å². The highest BCUT2D eigenvalue weighted by Gasteiger charge is 2.33. The molecule has 0 radical (unpaired) electrons. The second-order valence-corrected chi connectivity index (χ2v) is 4.74. The lowest BCUT2D eigenvalue weighted by Gasteiger charge is -2.46. The van der Waals surface area contributed by atoms with E-state index in [1.165, 1.54) is 38.8 Å². The summed E-state index contributed by atoms with van der Waals surface area (Å²) in [6.45, 7) is 7.22. The van der Waals surface area contributed by atoms with Gasteiger partial charge in [0.05, 0.1) is 0 Å². The molecule has 0 spiro atoms. The minimum Gasteiger partial charge on any atom is -0.312 e. The van der Waals surface area contributed by atoms with Gasteiger partial charge in [-0.15, -0.1) is 0 Å². The summed E-state index contributed by atoms with van der Waals surface area (Å²) < 4.78 is 0. The van der Waals surface area contributed by atoms with E-state index in [1.54, 1.807) is 0 Å². The van der Waals surface area contributed by atoms with Gasteiger partial charge in [-0.2, -0.15) is 0 Å². The molecule has 0 aromatic rings. The summed E-state index contributed by atoms with van der Waals surface area (Å²) in [6.07, 6.45) is 5.56. The van der Waals surface area contributed by atoms with E-state index >= 15 is 0 Å². The number of nitrogens with zero attached hydrogens (tertiary/aromatic N) is 1. The summed E-state index contributed by atoms with van der Waals surface area (Å²) in [6, 6.07) is 2.36. The molecule has 2 unspecified atom stereocenters. The molecule has 1 N–H and O–H groups in total. The number of likely N-dealkylation sites (tertiary alicyclic amines) is 1. The fraction of sp³-hybridized carbons (Fsp3) is 1.00. The van der Waals surface area contributed by atoms with Crippen molar-refractivity contribution in [2.24, 2.45) is 0 Å². The van der Waals surface area contributed by atoms with Crippen LogP contribution in [-0.2, 0) is 0 Å². The van der Waals surface area contributed by atoms with Crippen LogP contribution in [0.4, 0.5) is 0 Å². The monoisotopic (exact) mass is 182 g/mol. The summed E-state index contributed by atoms with van der Waals surface area (Å²) in [4.78, 5) is 2.69. The van der Waals surface area contributed by atoms with E-state index in [4.69, 9.17) is 0 Å². The highest BCUT2D eigenvalue weighted by atomic mass is 15.2. The average Bonchev–Trinajstić information content (AvgIpc) is 2.17. The highest BCUT2D eigenvalue weighted by molar-refractivity contribution is 4.92. The van der Waals surface area contributed by atoms with E-state index in [2.05, 4.69) is 24.1 Å². The maximum absolute atomic E-state index is 3.66. The van der Waals surface area contributed by atoms with Gasteiger partial charge < -0.3 is 5.32 Å². The Hall–Kier alpha value is -0.0800. The van der Waals surface area contributed by atoms with E-state index in [-0.39, 0.29) is 0 Å². The van der Waals surface area contributed by atoms with E-state index in [0.29, 0.717) is 0 Å². The molecule has 76 valence electrons. The van der Waals surface area contributed by atoms with Crippen LogP contribution < -0.4 is 5.32 Å². The van der Waals surface area contributed by atoms with Crippen LogP contribution in [0.15, 0.2) is 0 Å². The normalized spacial score (nSPS) is 36.2. The Morgan fingerprint density at radius 2 is 2.08 bits per heavy atom. The number of fused-ring (bicyclic) bond motifs is 1. The molecule has 2 aliphatic rings. The molecule has 0 bridgehead atoms. The molecule has 2 aliphatic heterocycles. The smallest absolute Gasteiger partial charge is 0.0252 e. The molecular weight excluding hydrogens is 160 g/mol. The van der Waals surface area contributed by atoms with Gasteiger partial charge in [0.25, 0.3) is 0 Å². The Balaban J connectivity index is 2.02. The number of piperidine rings is 2. The van der Waals surface area contributed by atoms with Gasteiger partial charge in [0.1, 0.15) is 0 Å². The molecule has 2 heteroatoms. The molecule has 2 atom stereocenters. The first-order valence-corrected chi connectivity index (χ1v) is 5.78. The summed E-state index contributed by atoms with van der Waals surface area (Å²) in [5, 5.41) is 3.66. The van der Waals surface area contributed by atoms with Gasteiger partial charge in [0.15, 0.2) is 0 Å². The van der Waals surface area contributed by atoms with Crippen LogP contribution in [0.2, 0.25) is 0 Å². The third-order valence-corrected chi connectivity index (χ3v) is 3.57. The fourth-order valence-electron chi connectivity index (χ4n) is 2.93. The molecule has 0 aromatic heterocycles. The SMILES string of the molecule is CC(C)N1CCCC2NCCCC21. The van der Waals surface area contributed by atoms with Crippen LogP contribution in [0, 0.1) is 0 Å². The second-order valence-electron chi connectivity index (χ2n) is 4.74. The second kappa shape index (κ2) is 3.97. The molecule has 2 fully saturated rings. The molecular formula is C11H22N2. The maximum atomic E-state index is 3.66. The number of hydrogen-bond donors (Lipinski definition) is 1. The highest BCUT2D eigenvalue weighted by Crippen LogP contribution is 2.25. The number of hydrogen-bond acceptors (Lipinski definition) is 2. The van der Waals surface area contributed by atoms with E-state index in [9.17, 15) is 0 Å². The van der Waals surface area contributed by atoms with Gasteiger partial charge in [-0.05, 0) is 52.6 Å². The van der Waals surface area contributed by atoms with Crippen molar-refractivity contribution in [2.45, 2.75) is 57.7 Å². The van der Waals surface area contributed by atoms with Gasteiger partial charge in [0, 0.05) is 18.1 Å². The Morgan fingerprint density at radius 3 is 2.85 bits per heavy atom. The lowest BCUT2D eigenvalue weighted by atomic mass is 9.88. The molecule has 0 aromatic carbocycles. The fourth-order valence-corrected chi connectivity index (χ4v) is 2.93. The van der Waals surface area contributed by atoms with Crippen molar-refractivity contribution in [2.75, 3.05) is 13.1 Å². The summed E-state index contributed by atoms with van der Waals surface area (Å²) in [7, 11) is 0. The van der Waals surface area contributed by atoms with Gasteiger partial charge in [-0.3, -0.25) is 4.90 Å². The molecule has 13 heavy (non-hydrogen) atoms. The predicted octanol–water partition coefficient (Wildman–Crippen LogP) is 1.61. The van der Waals surface area contributed by atoms with Gasteiger partial charge in [-0.25, -0.2) is 0 Å². The standard InChI is InChI=1S/C11H22N2/c1-9(2)13-8-4-5-10-11(13)6-3-7-12-10/h9-12H,3-8H2,1-2H3. The van der Waals surface area contributed by atoms with Crippen LogP contribution in [0.3, 0.4) is 0 Å². The third kappa shape index (κ3) is 1.89. The lowest BCUT2D eigenvalue weighted by Crippen LogP contribution is -2.58. The van der Waals surface area contributed by atoms with Gasteiger partial charge in [-0.1, -0.05) is 0 Å². The van der Waals surface area contributed by atoms with Gasteiger partial charge >= 0.3 is 0 Å². The molecule has 0 saturated carbocycles. The Labute approximate surface area is 81.7 Å². The average molecular weight is 182 g/mol. The van der Waals surface area contributed by atoms with E-state index < -0.39 is 0 Å².